The summed E-state index contributed by atoms with van der Waals surface area (Å²) in [7, 11) is -2.17. The Labute approximate surface area is 101 Å². The van der Waals surface area contributed by atoms with E-state index in [-0.39, 0.29) is 28.3 Å². The number of halogens is 2. The van der Waals surface area contributed by atoms with E-state index in [1.807, 2.05) is 0 Å². The standard InChI is InChI=1S/C5H6O4.BH3O3.2FH.Li.H/c1-2-3(4(6)7)5(8)9;2-1(3)4;;;;/h2-3H,1H2,(H,6,7)(H,8,9);2-4H;2*1H;;. The molecule has 0 bridgehead atoms. The molecule has 0 aliphatic heterocycles. The van der Waals surface area contributed by atoms with Crippen LogP contribution in [0.2, 0.25) is 0 Å². The molecule has 11 heteroatoms. The molecule has 16 heavy (non-hydrogen) atoms. The number of carbonyl (C=O) groups is 2. The van der Waals surface area contributed by atoms with Crippen molar-refractivity contribution in [2.45, 2.75) is 0 Å². The van der Waals surface area contributed by atoms with Gasteiger partial charge in [-0.15, -0.1) is 6.58 Å². The fourth-order valence-electron chi connectivity index (χ4n) is 0.307. The molecule has 92 valence electrons. The minimum atomic E-state index is -2.17. The molecule has 0 rings (SSSR count). The van der Waals surface area contributed by atoms with Gasteiger partial charge >= 0.3 is 38.1 Å². The number of hydrogen-bond acceptors (Lipinski definition) is 5. The van der Waals surface area contributed by atoms with Crippen LogP contribution in [0.5, 0.6) is 0 Å². The molecule has 0 saturated carbocycles. The number of rotatable bonds is 3. The van der Waals surface area contributed by atoms with Gasteiger partial charge in [-0.25, -0.2) is 0 Å². The number of carboxylic acids is 2. The van der Waals surface area contributed by atoms with E-state index >= 15 is 0 Å². The van der Waals surface area contributed by atoms with Crippen LogP contribution in [0.3, 0.4) is 0 Å². The van der Waals surface area contributed by atoms with Crippen molar-refractivity contribution in [3.05, 3.63) is 12.7 Å². The third-order valence-corrected chi connectivity index (χ3v) is 0.768. The Morgan fingerprint density at radius 2 is 1.25 bits per heavy atom. The number of hydrogen-bond donors (Lipinski definition) is 5. The first-order chi connectivity index (χ1) is 5.82. The molecule has 0 aromatic rings. The predicted octanol–water partition coefficient (Wildman–Crippen LogP) is -2.44. The second-order valence-electron chi connectivity index (χ2n) is 1.74. The fraction of sp³-hybridized carbons (Fsp3) is 0.200. The van der Waals surface area contributed by atoms with E-state index in [0.717, 1.165) is 6.08 Å². The van der Waals surface area contributed by atoms with Gasteiger partial charge in [0.25, 0.3) is 0 Å². The predicted molar refractivity (Wildman–Crippen MR) is 53.5 cm³/mol. The molecule has 0 aliphatic carbocycles. The van der Waals surface area contributed by atoms with Crippen LogP contribution in [0.1, 0.15) is 0 Å². The molecule has 0 heterocycles. The van der Waals surface area contributed by atoms with Crippen molar-refractivity contribution in [3.8, 4) is 0 Å². The third-order valence-electron chi connectivity index (χ3n) is 0.768. The quantitative estimate of drug-likeness (QED) is 0.210. The normalized spacial score (nSPS) is 6.75. The van der Waals surface area contributed by atoms with Crippen molar-refractivity contribution in [2.75, 3.05) is 0 Å². The van der Waals surface area contributed by atoms with Crippen molar-refractivity contribution in [1.82, 2.24) is 0 Å². The Kier molecular flexibility index (Phi) is 30.4. The van der Waals surface area contributed by atoms with Crippen molar-refractivity contribution in [2.24, 2.45) is 5.92 Å². The SMILES string of the molecule is C=CC(C(=O)O)C(=O)O.F.F.OB(O)O.[LiH]. The van der Waals surface area contributed by atoms with Gasteiger partial charge in [0.1, 0.15) is 0 Å². The molecule has 0 atom stereocenters. The van der Waals surface area contributed by atoms with Gasteiger partial charge in [0.05, 0.1) is 0 Å². The summed E-state index contributed by atoms with van der Waals surface area (Å²) >= 11 is 0. The van der Waals surface area contributed by atoms with E-state index in [9.17, 15) is 9.59 Å². The molecule has 7 nitrogen and oxygen atoms in total. The fourth-order valence-corrected chi connectivity index (χ4v) is 0.307. The molecule has 0 spiro atoms. The van der Waals surface area contributed by atoms with Crippen LogP contribution in [0.4, 0.5) is 9.41 Å². The van der Waals surface area contributed by atoms with Crippen molar-refractivity contribution in [1.29, 1.82) is 0 Å². The Morgan fingerprint density at radius 1 is 1.06 bits per heavy atom. The molecule has 0 unspecified atom stereocenters. The van der Waals surface area contributed by atoms with Gasteiger partial charge in [-0.1, -0.05) is 6.08 Å². The zero-order valence-corrected chi connectivity index (χ0v) is 7.31. The molecule has 5 N–H and O–H groups in total. The Hall–Kier alpha value is -0.918. The minimum absolute atomic E-state index is 0. The molecule has 0 fully saturated rings. The molecule has 0 saturated heterocycles. The van der Waals surface area contributed by atoms with Crippen LogP contribution in [-0.4, -0.2) is 63.4 Å². The zero-order valence-electron chi connectivity index (χ0n) is 7.31. The van der Waals surface area contributed by atoms with E-state index in [1.54, 1.807) is 0 Å². The summed E-state index contributed by atoms with van der Waals surface area (Å²) < 4.78 is 0. The third kappa shape index (κ3) is 23.2. The van der Waals surface area contributed by atoms with Crippen LogP contribution in [0.25, 0.3) is 0 Å². The maximum atomic E-state index is 9.92. The maximum absolute atomic E-state index is 9.92. The second kappa shape index (κ2) is 16.5. The average Bonchev–Trinajstić information content (AvgIpc) is 1.84. The molecule has 0 amide bonds. The van der Waals surface area contributed by atoms with Gasteiger partial charge in [-0.2, -0.15) is 0 Å². The molecule has 0 radical (unpaired) electrons. The van der Waals surface area contributed by atoms with Gasteiger partial charge in [0.15, 0.2) is 5.92 Å². The van der Waals surface area contributed by atoms with Crippen LogP contribution in [0.15, 0.2) is 12.7 Å². The molecular weight excluding hydrogens is 228 g/mol. The summed E-state index contributed by atoms with van der Waals surface area (Å²) in [6.07, 6.45) is 0.866. The first kappa shape index (κ1) is 29.4. The van der Waals surface area contributed by atoms with Crippen LogP contribution < -0.4 is 0 Å². The van der Waals surface area contributed by atoms with Crippen molar-refractivity contribution < 1.29 is 44.3 Å². The van der Waals surface area contributed by atoms with Crippen LogP contribution >= 0.6 is 0 Å². The van der Waals surface area contributed by atoms with Crippen molar-refractivity contribution >= 4 is 38.1 Å². The molecule has 0 aromatic carbocycles. The Balaban J connectivity index is -0.0000000511. The number of aliphatic carboxylic acids is 2. The van der Waals surface area contributed by atoms with Gasteiger partial charge < -0.3 is 25.3 Å². The first-order valence-corrected chi connectivity index (χ1v) is 2.95. The summed E-state index contributed by atoms with van der Waals surface area (Å²) in [5.74, 6) is -4.26. The van der Waals surface area contributed by atoms with E-state index < -0.39 is 25.2 Å². The molecular formula is C5H12BF2LiO7. The monoisotopic (exact) mass is 240 g/mol. The topological polar surface area (TPSA) is 135 Å². The molecule has 0 aliphatic rings. The Morgan fingerprint density at radius 3 is 1.25 bits per heavy atom. The van der Waals surface area contributed by atoms with E-state index in [4.69, 9.17) is 25.3 Å². The van der Waals surface area contributed by atoms with Crippen LogP contribution in [-0.2, 0) is 9.59 Å². The van der Waals surface area contributed by atoms with Gasteiger partial charge in [0.2, 0.25) is 0 Å². The van der Waals surface area contributed by atoms with Crippen molar-refractivity contribution in [3.63, 3.8) is 0 Å². The summed E-state index contributed by atoms with van der Waals surface area (Å²) in [4.78, 5) is 19.8. The van der Waals surface area contributed by atoms with E-state index in [2.05, 4.69) is 6.58 Å². The van der Waals surface area contributed by atoms with E-state index in [0.29, 0.717) is 0 Å². The summed E-state index contributed by atoms with van der Waals surface area (Å²) in [6, 6.07) is 0. The Bertz CT molecular complexity index is 186. The summed E-state index contributed by atoms with van der Waals surface area (Å²) in [5.41, 5.74) is 0. The van der Waals surface area contributed by atoms with Gasteiger partial charge in [-0.3, -0.25) is 19.0 Å². The second-order valence-corrected chi connectivity index (χ2v) is 1.74. The summed E-state index contributed by atoms with van der Waals surface area (Å²) in [6.45, 7) is 3.04. The van der Waals surface area contributed by atoms with Crippen LogP contribution in [0, 0.1) is 5.92 Å². The molecule has 0 aromatic heterocycles. The first-order valence-electron chi connectivity index (χ1n) is 2.95. The van der Waals surface area contributed by atoms with Gasteiger partial charge in [0, 0.05) is 0 Å². The van der Waals surface area contributed by atoms with E-state index in [1.165, 1.54) is 0 Å². The summed E-state index contributed by atoms with van der Waals surface area (Å²) in [5, 5.41) is 37.7. The average molecular weight is 240 g/mol. The van der Waals surface area contributed by atoms with Gasteiger partial charge in [-0.05, 0) is 0 Å². The zero-order chi connectivity index (χ0) is 11.0. The number of carboxylic acid groups (broad SMARTS) is 2.